The van der Waals surface area contributed by atoms with E-state index in [2.05, 4.69) is 10.6 Å². The van der Waals surface area contributed by atoms with Crippen LogP contribution in [0.4, 0.5) is 19.3 Å². The number of carbonyl (C=O) groups excluding carboxylic acids is 1. The fourth-order valence-corrected chi connectivity index (χ4v) is 2.59. The van der Waals surface area contributed by atoms with Gasteiger partial charge in [-0.3, -0.25) is 0 Å². The van der Waals surface area contributed by atoms with Gasteiger partial charge in [-0.05, 0) is 56.5 Å². The number of urea groups is 1. The molecule has 0 aliphatic carbocycles. The highest BCUT2D eigenvalue weighted by molar-refractivity contribution is 5.91. The minimum absolute atomic E-state index is 0.391. The first-order valence-corrected chi connectivity index (χ1v) is 7.38. The Bertz CT molecular complexity index is 721. The van der Waals surface area contributed by atoms with Crippen molar-refractivity contribution in [3.05, 3.63) is 64.2 Å². The van der Waals surface area contributed by atoms with Crippen molar-refractivity contribution in [2.75, 3.05) is 5.32 Å². The fraction of sp³-hybridized carbons (Fsp3) is 0.278. The van der Waals surface area contributed by atoms with Gasteiger partial charge in [0.2, 0.25) is 0 Å². The van der Waals surface area contributed by atoms with Gasteiger partial charge in [0.15, 0.2) is 11.6 Å². The molecule has 2 N–H and O–H groups in total. The smallest absolute Gasteiger partial charge is 0.319 e. The van der Waals surface area contributed by atoms with E-state index in [1.807, 2.05) is 32.9 Å². The lowest BCUT2D eigenvalue weighted by Crippen LogP contribution is -2.31. The topological polar surface area (TPSA) is 41.1 Å². The average Bonchev–Trinajstić information content (AvgIpc) is 2.45. The molecule has 2 rings (SSSR count). The van der Waals surface area contributed by atoms with Crippen molar-refractivity contribution in [2.24, 2.45) is 0 Å². The van der Waals surface area contributed by atoms with E-state index in [9.17, 15) is 13.6 Å². The summed E-state index contributed by atoms with van der Waals surface area (Å²) in [5, 5.41) is 5.54. The number of carbonyl (C=O) groups is 1. The molecule has 0 aromatic heterocycles. The molecule has 5 heteroatoms. The lowest BCUT2D eigenvalue weighted by atomic mass is 10.1. The Labute approximate surface area is 134 Å². The molecule has 0 aliphatic heterocycles. The lowest BCUT2D eigenvalue weighted by Gasteiger charge is -2.17. The predicted octanol–water partition coefficient (Wildman–Crippen LogP) is 4.77. The Kier molecular flexibility index (Phi) is 4.98. The molecule has 0 aliphatic rings. The normalized spacial score (nSPS) is 11.9. The number of benzene rings is 2. The second kappa shape index (κ2) is 6.77. The van der Waals surface area contributed by atoms with Crippen LogP contribution in [0.25, 0.3) is 0 Å². The van der Waals surface area contributed by atoms with Crippen molar-refractivity contribution >= 4 is 11.7 Å². The maximum absolute atomic E-state index is 13.3. The molecule has 1 atom stereocenters. The van der Waals surface area contributed by atoms with Gasteiger partial charge in [-0.25, -0.2) is 13.6 Å². The molecule has 0 unspecified atom stereocenters. The largest absolute Gasteiger partial charge is 0.331 e. The molecule has 122 valence electrons. The number of hydrogen-bond donors (Lipinski definition) is 2. The summed E-state index contributed by atoms with van der Waals surface area (Å²) in [5.41, 5.74) is 4.32. The highest BCUT2D eigenvalue weighted by Crippen LogP contribution is 2.22. The molecule has 2 aromatic rings. The van der Waals surface area contributed by atoms with Gasteiger partial charge in [-0.2, -0.15) is 0 Å². The van der Waals surface area contributed by atoms with E-state index in [0.29, 0.717) is 5.56 Å². The molecule has 0 spiro atoms. The standard InChI is InChI=1S/C18H20F2N2O/c1-10-7-11(2)17(12(3)8-10)22-18(23)21-13(4)14-5-6-15(19)16(20)9-14/h5-9,13H,1-4H3,(H2,21,22,23)/t13-/m1/s1. The van der Waals surface area contributed by atoms with Crippen LogP contribution < -0.4 is 10.6 Å². The molecule has 0 heterocycles. The summed E-state index contributed by atoms with van der Waals surface area (Å²) in [6.45, 7) is 7.55. The van der Waals surface area contributed by atoms with Gasteiger partial charge in [0.25, 0.3) is 0 Å². The van der Waals surface area contributed by atoms with Crippen molar-refractivity contribution in [3.63, 3.8) is 0 Å². The Morgan fingerprint density at radius 3 is 2.17 bits per heavy atom. The van der Waals surface area contributed by atoms with Gasteiger partial charge < -0.3 is 10.6 Å². The minimum Gasteiger partial charge on any atom is -0.331 e. The summed E-state index contributed by atoms with van der Waals surface area (Å²) >= 11 is 0. The highest BCUT2D eigenvalue weighted by Gasteiger charge is 2.13. The molecule has 0 saturated heterocycles. The molecule has 0 saturated carbocycles. The maximum atomic E-state index is 13.3. The fourth-order valence-electron chi connectivity index (χ4n) is 2.59. The Balaban J connectivity index is 2.09. The predicted molar refractivity (Wildman–Crippen MR) is 87.6 cm³/mol. The summed E-state index contributed by atoms with van der Waals surface area (Å²) < 4.78 is 26.2. The number of rotatable bonds is 3. The molecule has 23 heavy (non-hydrogen) atoms. The van der Waals surface area contributed by atoms with E-state index >= 15 is 0 Å². The van der Waals surface area contributed by atoms with Gasteiger partial charge in [0.1, 0.15) is 0 Å². The Morgan fingerprint density at radius 2 is 1.61 bits per heavy atom. The molecule has 3 nitrogen and oxygen atoms in total. The van der Waals surface area contributed by atoms with Gasteiger partial charge in [0.05, 0.1) is 6.04 Å². The number of amides is 2. The zero-order valence-electron chi connectivity index (χ0n) is 13.6. The van der Waals surface area contributed by atoms with E-state index in [1.165, 1.54) is 6.07 Å². The third-order valence-corrected chi connectivity index (χ3v) is 3.71. The highest BCUT2D eigenvalue weighted by atomic mass is 19.2. The number of nitrogens with one attached hydrogen (secondary N) is 2. The molecule has 2 aromatic carbocycles. The minimum atomic E-state index is -0.929. The van der Waals surface area contributed by atoms with Crippen LogP contribution in [0.1, 0.15) is 35.2 Å². The molecule has 0 bridgehead atoms. The van der Waals surface area contributed by atoms with Crippen molar-refractivity contribution < 1.29 is 13.6 Å². The van der Waals surface area contributed by atoms with Crippen LogP contribution in [0.3, 0.4) is 0 Å². The Hall–Kier alpha value is -2.43. The van der Waals surface area contributed by atoms with Gasteiger partial charge >= 0.3 is 6.03 Å². The number of hydrogen-bond acceptors (Lipinski definition) is 1. The van der Waals surface area contributed by atoms with Crippen LogP contribution in [-0.4, -0.2) is 6.03 Å². The van der Waals surface area contributed by atoms with E-state index < -0.39 is 23.7 Å². The number of anilines is 1. The zero-order chi connectivity index (χ0) is 17.1. The first kappa shape index (κ1) is 16.9. The maximum Gasteiger partial charge on any atom is 0.319 e. The van der Waals surface area contributed by atoms with Gasteiger partial charge in [-0.1, -0.05) is 23.8 Å². The first-order chi connectivity index (χ1) is 10.8. The molecular weight excluding hydrogens is 298 g/mol. The van der Waals surface area contributed by atoms with Crippen LogP contribution in [0.15, 0.2) is 30.3 Å². The SMILES string of the molecule is Cc1cc(C)c(NC(=O)N[C@H](C)c2ccc(F)c(F)c2)c(C)c1. The summed E-state index contributed by atoms with van der Waals surface area (Å²) in [6.07, 6.45) is 0. The summed E-state index contributed by atoms with van der Waals surface area (Å²) in [6, 6.07) is 6.72. The second-order valence-corrected chi connectivity index (χ2v) is 5.77. The van der Waals surface area contributed by atoms with E-state index in [4.69, 9.17) is 0 Å². The molecule has 0 radical (unpaired) electrons. The molecule has 2 amide bonds. The lowest BCUT2D eigenvalue weighted by molar-refractivity contribution is 0.249. The van der Waals surface area contributed by atoms with Crippen molar-refractivity contribution in [1.29, 1.82) is 0 Å². The summed E-state index contributed by atoms with van der Waals surface area (Å²) in [5.74, 6) is -1.84. The van der Waals surface area contributed by atoms with Crippen LogP contribution in [-0.2, 0) is 0 Å². The van der Waals surface area contributed by atoms with Crippen molar-refractivity contribution in [3.8, 4) is 0 Å². The van der Waals surface area contributed by atoms with Crippen LogP contribution >= 0.6 is 0 Å². The van der Waals surface area contributed by atoms with Crippen molar-refractivity contribution in [2.45, 2.75) is 33.7 Å². The van der Waals surface area contributed by atoms with Gasteiger partial charge in [0, 0.05) is 5.69 Å². The van der Waals surface area contributed by atoms with E-state index in [1.54, 1.807) is 6.92 Å². The molecule has 0 fully saturated rings. The van der Waals surface area contributed by atoms with Crippen LogP contribution in [0.5, 0.6) is 0 Å². The third kappa shape index (κ3) is 4.06. The van der Waals surface area contributed by atoms with Crippen molar-refractivity contribution in [1.82, 2.24) is 5.32 Å². The number of halogens is 2. The monoisotopic (exact) mass is 318 g/mol. The second-order valence-electron chi connectivity index (χ2n) is 5.77. The summed E-state index contributed by atoms with van der Waals surface area (Å²) in [7, 11) is 0. The number of aryl methyl sites for hydroxylation is 3. The molecular formula is C18H20F2N2O. The average molecular weight is 318 g/mol. The quantitative estimate of drug-likeness (QED) is 0.840. The van der Waals surface area contributed by atoms with Crippen LogP contribution in [0, 0.1) is 32.4 Å². The summed E-state index contributed by atoms with van der Waals surface area (Å²) in [4.78, 5) is 12.1. The third-order valence-electron chi connectivity index (χ3n) is 3.71. The van der Waals surface area contributed by atoms with E-state index in [0.717, 1.165) is 34.5 Å². The van der Waals surface area contributed by atoms with Crippen LogP contribution in [0.2, 0.25) is 0 Å². The zero-order valence-corrected chi connectivity index (χ0v) is 13.6. The Morgan fingerprint density at radius 1 is 1.00 bits per heavy atom. The first-order valence-electron chi connectivity index (χ1n) is 7.38. The van der Waals surface area contributed by atoms with Gasteiger partial charge in [-0.15, -0.1) is 0 Å². The van der Waals surface area contributed by atoms with E-state index in [-0.39, 0.29) is 0 Å².